The number of rotatable bonds is 5. The molecule has 1 aliphatic carbocycles. The Morgan fingerprint density at radius 2 is 2.08 bits per heavy atom. The lowest BCUT2D eigenvalue weighted by Crippen LogP contribution is -2.45. The Labute approximate surface area is 145 Å². The van der Waals surface area contributed by atoms with E-state index < -0.39 is 0 Å². The predicted molar refractivity (Wildman–Crippen MR) is 94.9 cm³/mol. The van der Waals surface area contributed by atoms with Crippen molar-refractivity contribution in [2.24, 2.45) is 13.0 Å². The number of likely N-dealkylation sites (tertiary alicyclic amines) is 1. The highest BCUT2D eigenvalue weighted by molar-refractivity contribution is 5.12. The molecule has 0 spiro atoms. The van der Waals surface area contributed by atoms with E-state index in [0.29, 0.717) is 18.0 Å². The fraction of sp³-hybridized carbons (Fsp3) is 0.842. The second kappa shape index (κ2) is 7.54. The second-order valence-electron chi connectivity index (χ2n) is 7.84. The van der Waals surface area contributed by atoms with Crippen LogP contribution in [0, 0.1) is 5.92 Å². The Balaban J connectivity index is 1.45. The maximum absolute atomic E-state index is 5.61. The van der Waals surface area contributed by atoms with E-state index in [0.717, 1.165) is 32.2 Å². The van der Waals surface area contributed by atoms with Crippen molar-refractivity contribution >= 4 is 0 Å². The van der Waals surface area contributed by atoms with Crippen LogP contribution in [0.25, 0.3) is 0 Å². The first-order chi connectivity index (χ1) is 11.8. The van der Waals surface area contributed by atoms with Crippen LogP contribution in [-0.4, -0.2) is 53.1 Å². The minimum atomic E-state index is 0.535. The van der Waals surface area contributed by atoms with E-state index >= 15 is 0 Å². The summed E-state index contributed by atoms with van der Waals surface area (Å²) in [5.41, 5.74) is 1.40. The van der Waals surface area contributed by atoms with Crippen molar-refractivity contribution in [3.63, 3.8) is 0 Å². The summed E-state index contributed by atoms with van der Waals surface area (Å²) < 4.78 is 7.70. The maximum atomic E-state index is 5.61. The maximum Gasteiger partial charge on any atom is 0.0560 e. The van der Waals surface area contributed by atoms with Crippen molar-refractivity contribution in [2.75, 3.05) is 26.3 Å². The highest BCUT2D eigenvalue weighted by Gasteiger charge is 2.41. The van der Waals surface area contributed by atoms with Crippen molar-refractivity contribution in [1.29, 1.82) is 0 Å². The van der Waals surface area contributed by atoms with Crippen LogP contribution >= 0.6 is 0 Å². The minimum Gasteiger partial charge on any atom is -0.381 e. The second-order valence-corrected chi connectivity index (χ2v) is 7.84. The molecule has 0 unspecified atom stereocenters. The molecule has 1 N–H and O–H groups in total. The molecule has 3 atom stereocenters. The molecule has 1 aromatic rings. The third-order valence-corrected chi connectivity index (χ3v) is 6.09. The van der Waals surface area contributed by atoms with E-state index in [1.807, 2.05) is 6.20 Å². The number of hydrogen-bond acceptors (Lipinski definition) is 4. The third-order valence-electron chi connectivity index (χ3n) is 6.09. The lowest BCUT2D eigenvalue weighted by molar-refractivity contribution is 0.0757. The average molecular weight is 332 g/mol. The molecule has 134 valence electrons. The zero-order valence-corrected chi connectivity index (χ0v) is 15.0. The molecule has 3 heterocycles. The molecule has 0 bridgehead atoms. The molecule has 24 heavy (non-hydrogen) atoms. The number of hydrogen-bond donors (Lipinski definition) is 1. The molecule has 0 amide bonds. The van der Waals surface area contributed by atoms with Crippen LogP contribution in [0.1, 0.15) is 56.7 Å². The molecule has 2 aliphatic heterocycles. The molecular weight excluding hydrogens is 300 g/mol. The molecule has 3 aliphatic rings. The van der Waals surface area contributed by atoms with E-state index in [1.54, 1.807) is 0 Å². The van der Waals surface area contributed by atoms with Gasteiger partial charge >= 0.3 is 0 Å². The van der Waals surface area contributed by atoms with Gasteiger partial charge in [-0.3, -0.25) is 9.58 Å². The molecule has 4 rings (SSSR count). The standard InChI is InChI=1S/C19H32N4O/c1-22-18(8-10-21-22)19-15(4-2-11-23(19)17-6-7-17)14-20-16-5-3-12-24-13-9-16/h8,10,15-17,19-20H,2-7,9,11-14H2,1H3/t15-,16-,19+/m0/s1. The number of ether oxygens (including phenoxy) is 1. The lowest BCUT2D eigenvalue weighted by atomic mass is 9.86. The summed E-state index contributed by atoms with van der Waals surface area (Å²) in [5, 5.41) is 8.34. The molecule has 0 radical (unpaired) electrons. The molecule has 3 fully saturated rings. The van der Waals surface area contributed by atoms with E-state index in [2.05, 4.69) is 33.1 Å². The molecule has 5 heteroatoms. The van der Waals surface area contributed by atoms with E-state index in [9.17, 15) is 0 Å². The molecule has 2 saturated heterocycles. The summed E-state index contributed by atoms with van der Waals surface area (Å²) in [6.45, 7) is 4.24. The van der Waals surface area contributed by atoms with E-state index in [4.69, 9.17) is 4.74 Å². The van der Waals surface area contributed by atoms with Gasteiger partial charge in [0.1, 0.15) is 0 Å². The first-order valence-electron chi connectivity index (χ1n) is 9.87. The van der Waals surface area contributed by atoms with Gasteiger partial charge in [0.05, 0.1) is 11.7 Å². The highest BCUT2D eigenvalue weighted by atomic mass is 16.5. The largest absolute Gasteiger partial charge is 0.381 e. The Kier molecular flexibility index (Phi) is 5.20. The number of nitrogens with one attached hydrogen (secondary N) is 1. The van der Waals surface area contributed by atoms with Gasteiger partial charge in [-0.1, -0.05) is 0 Å². The van der Waals surface area contributed by atoms with Gasteiger partial charge in [-0.2, -0.15) is 5.10 Å². The van der Waals surface area contributed by atoms with Gasteiger partial charge in [0.25, 0.3) is 0 Å². The monoisotopic (exact) mass is 332 g/mol. The number of aromatic nitrogens is 2. The normalized spacial score (nSPS) is 32.6. The van der Waals surface area contributed by atoms with Crippen LogP contribution in [0.4, 0.5) is 0 Å². The first-order valence-corrected chi connectivity index (χ1v) is 9.87. The molecule has 5 nitrogen and oxygen atoms in total. The summed E-state index contributed by atoms with van der Waals surface area (Å²) in [7, 11) is 2.10. The van der Waals surface area contributed by atoms with Crippen LogP contribution in [0.3, 0.4) is 0 Å². The summed E-state index contributed by atoms with van der Waals surface area (Å²) >= 11 is 0. The fourth-order valence-corrected chi connectivity index (χ4v) is 4.64. The van der Waals surface area contributed by atoms with Crippen molar-refractivity contribution < 1.29 is 4.74 Å². The first kappa shape index (κ1) is 16.6. The fourth-order valence-electron chi connectivity index (χ4n) is 4.64. The summed E-state index contributed by atoms with van der Waals surface area (Å²) in [6.07, 6.45) is 11.0. The zero-order valence-electron chi connectivity index (χ0n) is 15.0. The smallest absolute Gasteiger partial charge is 0.0560 e. The number of nitrogens with zero attached hydrogens (tertiary/aromatic N) is 3. The van der Waals surface area contributed by atoms with Crippen molar-refractivity contribution in [3.05, 3.63) is 18.0 Å². The zero-order chi connectivity index (χ0) is 16.4. The van der Waals surface area contributed by atoms with E-state index in [-0.39, 0.29) is 0 Å². The summed E-state index contributed by atoms with van der Waals surface area (Å²) in [4.78, 5) is 2.78. The van der Waals surface area contributed by atoms with E-state index in [1.165, 1.54) is 50.8 Å². The SMILES string of the molecule is Cn1nccc1[C@H]1[C@H](CN[C@H]2CCCOCC2)CCCN1C1CC1. The van der Waals surface area contributed by atoms with Gasteiger partial charge < -0.3 is 10.1 Å². The topological polar surface area (TPSA) is 42.3 Å². The highest BCUT2D eigenvalue weighted by Crippen LogP contribution is 2.42. The van der Waals surface area contributed by atoms with Gasteiger partial charge in [-0.05, 0) is 63.5 Å². The van der Waals surface area contributed by atoms with Crippen LogP contribution in [0.5, 0.6) is 0 Å². The van der Waals surface area contributed by atoms with Gasteiger partial charge in [0.15, 0.2) is 0 Å². The van der Waals surface area contributed by atoms with Gasteiger partial charge in [-0.25, -0.2) is 0 Å². The quantitative estimate of drug-likeness (QED) is 0.900. The Bertz CT molecular complexity index is 519. The van der Waals surface area contributed by atoms with Gasteiger partial charge in [0.2, 0.25) is 0 Å². The van der Waals surface area contributed by atoms with Crippen LogP contribution in [-0.2, 0) is 11.8 Å². The Morgan fingerprint density at radius 1 is 1.17 bits per heavy atom. The lowest BCUT2D eigenvalue weighted by Gasteiger charge is -2.42. The Morgan fingerprint density at radius 3 is 2.88 bits per heavy atom. The molecule has 1 aromatic heterocycles. The van der Waals surface area contributed by atoms with Gasteiger partial charge in [-0.15, -0.1) is 0 Å². The molecule has 0 aromatic carbocycles. The van der Waals surface area contributed by atoms with Gasteiger partial charge in [0, 0.05) is 45.1 Å². The van der Waals surface area contributed by atoms with Crippen molar-refractivity contribution in [2.45, 2.75) is 63.1 Å². The molecular formula is C19H32N4O. The number of aryl methyl sites for hydroxylation is 1. The third kappa shape index (κ3) is 3.68. The summed E-state index contributed by atoms with van der Waals surface area (Å²) in [5.74, 6) is 0.693. The van der Waals surface area contributed by atoms with Crippen LogP contribution in [0.15, 0.2) is 12.3 Å². The predicted octanol–water partition coefficient (Wildman–Crippen LogP) is 2.49. The van der Waals surface area contributed by atoms with Crippen molar-refractivity contribution in [1.82, 2.24) is 20.0 Å². The minimum absolute atomic E-state index is 0.535. The number of piperidine rings is 1. The summed E-state index contributed by atoms with van der Waals surface area (Å²) in [6, 6.07) is 4.22. The van der Waals surface area contributed by atoms with Crippen molar-refractivity contribution in [3.8, 4) is 0 Å². The molecule has 1 saturated carbocycles. The van der Waals surface area contributed by atoms with Crippen LogP contribution < -0.4 is 5.32 Å². The Hall–Kier alpha value is -0.910. The average Bonchev–Trinajstić information content (AvgIpc) is 3.39. The van der Waals surface area contributed by atoms with Crippen LogP contribution in [0.2, 0.25) is 0 Å².